The van der Waals surface area contributed by atoms with E-state index < -0.39 is 11.9 Å². The van der Waals surface area contributed by atoms with Gasteiger partial charge >= 0.3 is 0 Å². The standard InChI is InChI=1S/C27H25ClN2O4/c1-3-18-4-12-22(13-5-18)30-25(31)16-24(27(30)33)29(17-19-6-14-23(34-2)15-7-19)26(32)20-8-10-21(28)11-9-20/h4-15,24H,3,16-17H2,1-2H3/t24-/m1/s1. The van der Waals surface area contributed by atoms with Gasteiger partial charge < -0.3 is 9.64 Å². The highest BCUT2D eigenvalue weighted by atomic mass is 35.5. The van der Waals surface area contributed by atoms with Crippen molar-refractivity contribution in [1.29, 1.82) is 0 Å². The maximum absolute atomic E-state index is 13.5. The third kappa shape index (κ3) is 4.82. The van der Waals surface area contributed by atoms with E-state index in [0.29, 0.717) is 22.0 Å². The number of hydrogen-bond donors (Lipinski definition) is 0. The molecule has 1 aliphatic heterocycles. The van der Waals surface area contributed by atoms with E-state index in [9.17, 15) is 14.4 Å². The molecule has 1 aliphatic rings. The van der Waals surface area contributed by atoms with Gasteiger partial charge in [0.25, 0.3) is 11.8 Å². The Kier molecular flexibility index (Phi) is 6.98. The Balaban J connectivity index is 1.66. The van der Waals surface area contributed by atoms with E-state index in [0.717, 1.165) is 17.5 Å². The van der Waals surface area contributed by atoms with Crippen molar-refractivity contribution in [3.05, 3.63) is 94.5 Å². The second kappa shape index (κ2) is 10.1. The molecule has 174 valence electrons. The molecule has 3 amide bonds. The Morgan fingerprint density at radius 1 is 0.971 bits per heavy atom. The van der Waals surface area contributed by atoms with Gasteiger partial charge in [-0.05, 0) is 66.1 Å². The largest absolute Gasteiger partial charge is 0.497 e. The number of carbonyl (C=O) groups is 3. The van der Waals surface area contributed by atoms with E-state index in [-0.39, 0.29) is 24.8 Å². The number of ether oxygens (including phenoxy) is 1. The molecular formula is C27H25ClN2O4. The van der Waals surface area contributed by atoms with Crippen LogP contribution < -0.4 is 9.64 Å². The molecule has 34 heavy (non-hydrogen) atoms. The maximum atomic E-state index is 13.5. The van der Waals surface area contributed by atoms with E-state index in [1.807, 2.05) is 31.2 Å². The summed E-state index contributed by atoms with van der Waals surface area (Å²) in [6.45, 7) is 2.20. The minimum absolute atomic E-state index is 0.0795. The highest BCUT2D eigenvalue weighted by molar-refractivity contribution is 6.30. The third-order valence-corrected chi connectivity index (χ3v) is 6.22. The molecule has 0 unspecified atom stereocenters. The molecule has 7 heteroatoms. The Hall–Kier alpha value is -3.64. The van der Waals surface area contributed by atoms with Crippen molar-refractivity contribution in [3.63, 3.8) is 0 Å². The normalized spacial score (nSPS) is 15.5. The molecule has 0 radical (unpaired) electrons. The molecule has 1 saturated heterocycles. The Morgan fingerprint density at radius 2 is 1.59 bits per heavy atom. The SMILES string of the molecule is CCc1ccc(N2C(=O)C[C@@H](N(Cc3ccc(OC)cc3)C(=O)c3ccc(Cl)cc3)C2=O)cc1. The monoisotopic (exact) mass is 476 g/mol. The number of halogens is 1. The number of methoxy groups -OCH3 is 1. The summed E-state index contributed by atoms with van der Waals surface area (Å²) in [6, 6.07) is 20.2. The third-order valence-electron chi connectivity index (χ3n) is 5.97. The first-order valence-electron chi connectivity index (χ1n) is 11.1. The number of rotatable bonds is 7. The van der Waals surface area contributed by atoms with E-state index in [1.165, 1.54) is 9.80 Å². The molecule has 0 aromatic heterocycles. The lowest BCUT2D eigenvalue weighted by atomic mass is 10.1. The lowest BCUT2D eigenvalue weighted by Crippen LogP contribution is -2.45. The molecule has 1 heterocycles. The quantitative estimate of drug-likeness (QED) is 0.455. The van der Waals surface area contributed by atoms with E-state index in [4.69, 9.17) is 16.3 Å². The lowest BCUT2D eigenvalue weighted by Gasteiger charge is -2.28. The summed E-state index contributed by atoms with van der Waals surface area (Å²) in [4.78, 5) is 42.6. The van der Waals surface area contributed by atoms with Crippen LogP contribution >= 0.6 is 11.6 Å². The average molecular weight is 477 g/mol. The zero-order valence-corrected chi connectivity index (χ0v) is 19.8. The second-order valence-corrected chi connectivity index (χ2v) is 8.53. The van der Waals surface area contributed by atoms with Crippen LogP contribution in [-0.2, 0) is 22.6 Å². The second-order valence-electron chi connectivity index (χ2n) is 8.10. The van der Waals surface area contributed by atoms with Gasteiger partial charge in [-0.2, -0.15) is 0 Å². The molecule has 3 aromatic carbocycles. The molecule has 1 atom stereocenters. The molecule has 0 spiro atoms. The summed E-state index contributed by atoms with van der Waals surface area (Å²) in [5.74, 6) is -0.400. The van der Waals surface area contributed by atoms with Crippen molar-refractivity contribution in [2.75, 3.05) is 12.0 Å². The fourth-order valence-electron chi connectivity index (χ4n) is 4.02. The number of nitrogens with zero attached hydrogens (tertiary/aromatic N) is 2. The van der Waals surface area contributed by atoms with Gasteiger partial charge in [-0.3, -0.25) is 14.4 Å². The number of hydrogen-bond acceptors (Lipinski definition) is 4. The van der Waals surface area contributed by atoms with Crippen LogP contribution in [0.5, 0.6) is 5.75 Å². The predicted molar refractivity (Wildman–Crippen MR) is 131 cm³/mol. The van der Waals surface area contributed by atoms with Crippen LogP contribution in [0.3, 0.4) is 0 Å². The van der Waals surface area contributed by atoms with Gasteiger partial charge in [-0.15, -0.1) is 0 Å². The topological polar surface area (TPSA) is 66.9 Å². The van der Waals surface area contributed by atoms with Crippen LogP contribution in [0.4, 0.5) is 5.69 Å². The number of aryl methyl sites for hydroxylation is 1. The van der Waals surface area contributed by atoms with Crippen molar-refractivity contribution in [1.82, 2.24) is 4.90 Å². The van der Waals surface area contributed by atoms with Gasteiger partial charge in [0, 0.05) is 17.1 Å². The van der Waals surface area contributed by atoms with Crippen molar-refractivity contribution in [3.8, 4) is 5.75 Å². The van der Waals surface area contributed by atoms with Gasteiger partial charge in [0.15, 0.2) is 0 Å². The fraction of sp³-hybridized carbons (Fsp3) is 0.222. The van der Waals surface area contributed by atoms with Crippen molar-refractivity contribution in [2.45, 2.75) is 32.4 Å². The van der Waals surface area contributed by atoms with Gasteiger partial charge in [-0.25, -0.2) is 4.90 Å². The summed E-state index contributed by atoms with van der Waals surface area (Å²) < 4.78 is 5.21. The molecule has 0 saturated carbocycles. The smallest absolute Gasteiger partial charge is 0.257 e. The van der Waals surface area contributed by atoms with Crippen LogP contribution in [0.15, 0.2) is 72.8 Å². The molecule has 3 aromatic rings. The molecular weight excluding hydrogens is 452 g/mol. The predicted octanol–water partition coefficient (Wildman–Crippen LogP) is 4.89. The zero-order chi connectivity index (χ0) is 24.2. The Bertz CT molecular complexity index is 1190. The maximum Gasteiger partial charge on any atom is 0.257 e. The summed E-state index contributed by atoms with van der Waals surface area (Å²) in [5.41, 5.74) is 2.83. The highest BCUT2D eigenvalue weighted by Gasteiger charge is 2.44. The van der Waals surface area contributed by atoms with E-state index in [1.54, 1.807) is 55.6 Å². The minimum atomic E-state index is -0.913. The minimum Gasteiger partial charge on any atom is -0.497 e. The first kappa shape index (κ1) is 23.5. The number of anilines is 1. The molecule has 4 rings (SSSR count). The van der Waals surface area contributed by atoms with Crippen LogP contribution in [-0.4, -0.2) is 35.8 Å². The Morgan fingerprint density at radius 3 is 2.18 bits per heavy atom. The van der Waals surface area contributed by atoms with Crippen LogP contribution in [0.1, 0.15) is 34.8 Å². The van der Waals surface area contributed by atoms with Crippen molar-refractivity contribution >= 4 is 35.0 Å². The van der Waals surface area contributed by atoms with Crippen LogP contribution in [0, 0.1) is 0 Å². The Labute approximate surface area is 203 Å². The molecule has 1 fully saturated rings. The van der Waals surface area contributed by atoms with Gasteiger partial charge in [0.1, 0.15) is 11.8 Å². The molecule has 0 bridgehead atoms. The first-order valence-corrected chi connectivity index (χ1v) is 11.4. The van der Waals surface area contributed by atoms with Gasteiger partial charge in [0.05, 0.1) is 19.2 Å². The number of imide groups is 1. The lowest BCUT2D eigenvalue weighted by molar-refractivity contribution is -0.122. The van der Waals surface area contributed by atoms with E-state index in [2.05, 4.69) is 0 Å². The summed E-state index contributed by atoms with van der Waals surface area (Å²) in [5, 5.41) is 0.507. The van der Waals surface area contributed by atoms with Crippen LogP contribution in [0.25, 0.3) is 0 Å². The number of amides is 3. The number of carbonyl (C=O) groups excluding carboxylic acids is 3. The fourth-order valence-corrected chi connectivity index (χ4v) is 4.15. The molecule has 6 nitrogen and oxygen atoms in total. The molecule has 0 N–H and O–H groups in total. The summed E-state index contributed by atoms with van der Waals surface area (Å²) in [6.07, 6.45) is 0.778. The van der Waals surface area contributed by atoms with Gasteiger partial charge in [0.2, 0.25) is 5.91 Å². The first-order chi connectivity index (χ1) is 16.4. The molecule has 0 aliphatic carbocycles. The van der Waals surface area contributed by atoms with Crippen LogP contribution in [0.2, 0.25) is 5.02 Å². The number of benzene rings is 3. The van der Waals surface area contributed by atoms with E-state index >= 15 is 0 Å². The van der Waals surface area contributed by atoms with Crippen molar-refractivity contribution in [2.24, 2.45) is 0 Å². The summed E-state index contributed by atoms with van der Waals surface area (Å²) >= 11 is 5.99. The van der Waals surface area contributed by atoms with Gasteiger partial charge in [-0.1, -0.05) is 42.8 Å². The highest BCUT2D eigenvalue weighted by Crippen LogP contribution is 2.28. The summed E-state index contributed by atoms with van der Waals surface area (Å²) in [7, 11) is 1.58. The van der Waals surface area contributed by atoms with Crippen molar-refractivity contribution < 1.29 is 19.1 Å². The zero-order valence-electron chi connectivity index (χ0n) is 19.0. The average Bonchev–Trinajstić information content (AvgIpc) is 3.16.